The van der Waals surface area contributed by atoms with Crippen LogP contribution in [0.25, 0.3) is 0 Å². The third-order valence-corrected chi connectivity index (χ3v) is 3.09. The number of rotatable bonds is 3. The first-order valence-electron chi connectivity index (χ1n) is 5.30. The Hall–Kier alpha value is -1.59. The fourth-order valence-electron chi connectivity index (χ4n) is 1.48. The molecule has 1 aromatic heterocycles. The summed E-state index contributed by atoms with van der Waals surface area (Å²) in [5.41, 5.74) is 0.676. The van der Waals surface area contributed by atoms with E-state index in [-0.39, 0.29) is 11.4 Å². The summed E-state index contributed by atoms with van der Waals surface area (Å²) in [6.07, 6.45) is 0. The second kappa shape index (κ2) is 5.59. The van der Waals surface area contributed by atoms with Crippen LogP contribution in [-0.2, 0) is 0 Å². The monoisotopic (exact) mass is 341 g/mol. The number of hydrogen-bond acceptors (Lipinski definition) is 3. The first-order valence-corrected chi connectivity index (χ1v) is 6.47. The molecule has 0 radical (unpaired) electrons. The molecule has 0 atom stereocenters. The molecule has 0 aliphatic carbocycles. The molecule has 0 bridgehead atoms. The van der Waals surface area contributed by atoms with Crippen molar-refractivity contribution in [2.75, 3.05) is 0 Å². The number of hydrogen-bond donors (Lipinski definition) is 1. The normalized spacial score (nSPS) is 10.3. The first-order chi connectivity index (χ1) is 8.95. The molecule has 19 heavy (non-hydrogen) atoms. The Bertz CT molecular complexity index is 646. The molecule has 4 nitrogen and oxygen atoms in total. The molecule has 0 aliphatic rings. The molecular weight excluding hydrogens is 334 g/mol. The van der Waals surface area contributed by atoms with E-state index in [4.69, 9.17) is 21.4 Å². The van der Waals surface area contributed by atoms with Gasteiger partial charge in [-0.05, 0) is 31.2 Å². The van der Waals surface area contributed by atoms with Gasteiger partial charge in [-0.2, -0.15) is 0 Å². The minimum absolute atomic E-state index is 0.119. The van der Waals surface area contributed by atoms with Gasteiger partial charge in [-0.3, -0.25) is 0 Å². The average Bonchev–Trinajstić information content (AvgIpc) is 2.33. The second-order valence-electron chi connectivity index (χ2n) is 3.82. The molecular formula is C13H9BrClNO3. The largest absolute Gasteiger partial charge is 0.478 e. The number of pyridine rings is 1. The van der Waals surface area contributed by atoms with Crippen molar-refractivity contribution in [3.05, 3.63) is 51.1 Å². The zero-order chi connectivity index (χ0) is 14.0. The van der Waals surface area contributed by atoms with E-state index >= 15 is 0 Å². The van der Waals surface area contributed by atoms with Gasteiger partial charge in [-0.1, -0.05) is 27.5 Å². The van der Waals surface area contributed by atoms with Crippen molar-refractivity contribution in [2.24, 2.45) is 0 Å². The number of aromatic nitrogens is 1. The van der Waals surface area contributed by atoms with Gasteiger partial charge in [0.05, 0.1) is 10.6 Å². The van der Waals surface area contributed by atoms with Crippen molar-refractivity contribution in [3.63, 3.8) is 0 Å². The molecule has 1 heterocycles. The van der Waals surface area contributed by atoms with Crippen LogP contribution in [0.2, 0.25) is 5.02 Å². The molecule has 0 fully saturated rings. The highest BCUT2D eigenvalue weighted by molar-refractivity contribution is 9.10. The molecule has 0 unspecified atom stereocenters. The van der Waals surface area contributed by atoms with Crippen molar-refractivity contribution in [2.45, 2.75) is 6.92 Å². The maximum Gasteiger partial charge on any atom is 0.335 e. The van der Waals surface area contributed by atoms with E-state index in [2.05, 4.69) is 20.9 Å². The number of carboxylic acids is 1. The average molecular weight is 343 g/mol. The van der Waals surface area contributed by atoms with E-state index in [1.165, 1.54) is 12.1 Å². The third-order valence-electron chi connectivity index (χ3n) is 2.28. The number of aromatic carboxylic acids is 1. The van der Waals surface area contributed by atoms with Gasteiger partial charge in [0.25, 0.3) is 0 Å². The minimum atomic E-state index is -1.03. The summed E-state index contributed by atoms with van der Waals surface area (Å²) >= 11 is 9.31. The van der Waals surface area contributed by atoms with E-state index in [9.17, 15) is 4.79 Å². The van der Waals surface area contributed by atoms with Crippen LogP contribution in [0.1, 0.15) is 16.1 Å². The SMILES string of the molecule is Cc1cc(C(=O)O)cc(Oc2cc(Br)ccc2Cl)n1. The summed E-state index contributed by atoms with van der Waals surface area (Å²) in [6.45, 7) is 1.70. The Morgan fingerprint density at radius 1 is 1.37 bits per heavy atom. The molecule has 2 rings (SSSR count). The summed E-state index contributed by atoms with van der Waals surface area (Å²) in [7, 11) is 0. The molecule has 1 aromatic carbocycles. The maximum atomic E-state index is 11.0. The molecule has 1 N–H and O–H groups in total. The lowest BCUT2D eigenvalue weighted by molar-refractivity contribution is 0.0696. The summed E-state index contributed by atoms with van der Waals surface area (Å²) < 4.78 is 6.33. The zero-order valence-corrected chi connectivity index (χ0v) is 12.2. The number of nitrogens with zero attached hydrogens (tertiary/aromatic N) is 1. The van der Waals surface area contributed by atoms with Crippen molar-refractivity contribution in [1.82, 2.24) is 4.98 Å². The lowest BCUT2D eigenvalue weighted by Crippen LogP contribution is -2.00. The second-order valence-corrected chi connectivity index (χ2v) is 5.14. The molecule has 98 valence electrons. The Labute approximate surface area is 123 Å². The number of aryl methyl sites for hydroxylation is 1. The lowest BCUT2D eigenvalue weighted by atomic mass is 10.2. The summed E-state index contributed by atoms with van der Waals surface area (Å²) in [5.74, 6) is -0.432. The van der Waals surface area contributed by atoms with Crippen molar-refractivity contribution >= 4 is 33.5 Å². The van der Waals surface area contributed by atoms with Crippen LogP contribution >= 0.6 is 27.5 Å². The van der Waals surface area contributed by atoms with E-state index < -0.39 is 5.97 Å². The van der Waals surface area contributed by atoms with Gasteiger partial charge in [0, 0.05) is 16.2 Å². The topological polar surface area (TPSA) is 59.4 Å². The number of carbonyl (C=O) groups is 1. The highest BCUT2D eigenvalue weighted by Crippen LogP contribution is 2.31. The number of carboxylic acid groups (broad SMARTS) is 1. The predicted molar refractivity (Wildman–Crippen MR) is 75.2 cm³/mol. The highest BCUT2D eigenvalue weighted by Gasteiger charge is 2.10. The van der Waals surface area contributed by atoms with Gasteiger partial charge in [0.2, 0.25) is 5.88 Å². The standard InChI is InChI=1S/C13H9BrClNO3/c1-7-4-8(13(17)18)5-12(16-7)19-11-6-9(14)2-3-10(11)15/h2-6H,1H3,(H,17,18). The van der Waals surface area contributed by atoms with E-state index in [0.717, 1.165) is 4.47 Å². The smallest absolute Gasteiger partial charge is 0.335 e. The van der Waals surface area contributed by atoms with Crippen molar-refractivity contribution < 1.29 is 14.6 Å². The predicted octanol–water partition coefficient (Wildman–Crippen LogP) is 4.30. The van der Waals surface area contributed by atoms with Crippen molar-refractivity contribution in [1.29, 1.82) is 0 Å². The molecule has 0 amide bonds. The molecule has 0 saturated carbocycles. The molecule has 6 heteroatoms. The van der Waals surface area contributed by atoms with Gasteiger partial charge >= 0.3 is 5.97 Å². The van der Waals surface area contributed by atoms with Crippen LogP contribution in [0.3, 0.4) is 0 Å². The fourth-order valence-corrected chi connectivity index (χ4v) is 1.98. The fraction of sp³-hybridized carbons (Fsp3) is 0.0769. The third kappa shape index (κ3) is 3.45. The van der Waals surface area contributed by atoms with Gasteiger partial charge in [-0.15, -0.1) is 0 Å². The Kier molecular flexibility index (Phi) is 4.07. The minimum Gasteiger partial charge on any atom is -0.478 e. The van der Waals surface area contributed by atoms with Crippen LogP contribution < -0.4 is 4.74 Å². The number of benzene rings is 1. The van der Waals surface area contributed by atoms with Crippen LogP contribution in [0.4, 0.5) is 0 Å². The Balaban J connectivity index is 2.38. The van der Waals surface area contributed by atoms with Crippen LogP contribution in [0.5, 0.6) is 11.6 Å². The zero-order valence-electron chi connectivity index (χ0n) is 9.85. The van der Waals surface area contributed by atoms with Crippen molar-refractivity contribution in [3.8, 4) is 11.6 Å². The quantitative estimate of drug-likeness (QED) is 0.903. The summed E-state index contributed by atoms with van der Waals surface area (Å²) in [4.78, 5) is 15.1. The number of ether oxygens (including phenoxy) is 1. The van der Waals surface area contributed by atoms with Gasteiger partial charge in [0.1, 0.15) is 5.75 Å². The maximum absolute atomic E-state index is 11.0. The van der Waals surface area contributed by atoms with Crippen LogP contribution in [-0.4, -0.2) is 16.1 Å². The Morgan fingerprint density at radius 3 is 2.79 bits per heavy atom. The molecule has 2 aromatic rings. The van der Waals surface area contributed by atoms with Gasteiger partial charge in [-0.25, -0.2) is 9.78 Å². The van der Waals surface area contributed by atoms with Gasteiger partial charge < -0.3 is 9.84 Å². The van der Waals surface area contributed by atoms with E-state index in [0.29, 0.717) is 16.5 Å². The summed E-state index contributed by atoms with van der Waals surface area (Å²) in [5, 5.41) is 9.40. The molecule has 0 aliphatic heterocycles. The molecule has 0 saturated heterocycles. The van der Waals surface area contributed by atoms with E-state index in [1.54, 1.807) is 25.1 Å². The lowest BCUT2D eigenvalue weighted by Gasteiger charge is -2.08. The van der Waals surface area contributed by atoms with Crippen LogP contribution in [0, 0.1) is 6.92 Å². The van der Waals surface area contributed by atoms with E-state index in [1.807, 2.05) is 0 Å². The molecule has 0 spiro atoms. The van der Waals surface area contributed by atoms with Gasteiger partial charge in [0.15, 0.2) is 0 Å². The Morgan fingerprint density at radius 2 is 2.11 bits per heavy atom. The summed E-state index contributed by atoms with van der Waals surface area (Å²) in [6, 6.07) is 7.97. The van der Waals surface area contributed by atoms with Crippen LogP contribution in [0.15, 0.2) is 34.8 Å². The highest BCUT2D eigenvalue weighted by atomic mass is 79.9. The first kappa shape index (κ1) is 13.8. The number of halogens is 2.